The second-order valence-electron chi connectivity index (χ2n) is 3.77. The van der Waals surface area contributed by atoms with Crippen molar-refractivity contribution in [2.45, 2.75) is 31.8 Å². The molecular formula is C10H16N2O4. The van der Waals surface area contributed by atoms with Crippen molar-refractivity contribution in [1.82, 2.24) is 10.6 Å². The summed E-state index contributed by atoms with van der Waals surface area (Å²) >= 11 is 0. The van der Waals surface area contributed by atoms with E-state index in [4.69, 9.17) is 16.6 Å². The zero-order chi connectivity index (χ0) is 12.8. The summed E-state index contributed by atoms with van der Waals surface area (Å²) in [7, 11) is 0. The Hall–Kier alpha value is -1.74. The molecule has 1 atom stereocenters. The number of carbonyl (C=O) groups excluding carboxylic acids is 1. The fourth-order valence-corrected chi connectivity index (χ4v) is 0.901. The van der Waals surface area contributed by atoms with Crippen molar-refractivity contribution < 1.29 is 19.8 Å². The molecule has 90 valence electrons. The zero-order valence-corrected chi connectivity index (χ0v) is 9.28. The van der Waals surface area contributed by atoms with E-state index in [9.17, 15) is 9.59 Å². The van der Waals surface area contributed by atoms with E-state index in [1.165, 1.54) is 0 Å². The van der Waals surface area contributed by atoms with Crippen LogP contribution < -0.4 is 10.6 Å². The van der Waals surface area contributed by atoms with Crippen molar-refractivity contribution in [3.8, 4) is 12.3 Å². The SMILES string of the molecule is C#CC(C)(C)NC(=O)NC(CCO)C(=O)O. The lowest BCUT2D eigenvalue weighted by Gasteiger charge is -2.21. The summed E-state index contributed by atoms with van der Waals surface area (Å²) in [6.07, 6.45) is 5.10. The number of hydrogen-bond donors (Lipinski definition) is 4. The standard InChI is InChI=1S/C10H16N2O4/c1-4-10(2,3)12-9(16)11-7(5-6-13)8(14)15/h1,7,13H,5-6H2,2-3H3,(H,14,15)(H2,11,12,16). The van der Waals surface area contributed by atoms with Gasteiger partial charge in [0.15, 0.2) is 0 Å². The number of carboxylic acid groups (broad SMARTS) is 1. The molecule has 4 N–H and O–H groups in total. The van der Waals surface area contributed by atoms with Crippen LogP contribution >= 0.6 is 0 Å². The molecular weight excluding hydrogens is 212 g/mol. The van der Waals surface area contributed by atoms with E-state index in [-0.39, 0.29) is 13.0 Å². The summed E-state index contributed by atoms with van der Waals surface area (Å²) in [6, 6.07) is -1.80. The summed E-state index contributed by atoms with van der Waals surface area (Å²) in [5, 5.41) is 21.9. The van der Waals surface area contributed by atoms with Gasteiger partial charge in [-0.05, 0) is 13.8 Å². The van der Waals surface area contributed by atoms with Crippen LogP contribution in [-0.2, 0) is 4.79 Å². The molecule has 0 rings (SSSR count). The first-order valence-corrected chi connectivity index (χ1v) is 4.72. The Bertz CT molecular complexity index is 306. The number of nitrogens with one attached hydrogen (secondary N) is 2. The molecule has 16 heavy (non-hydrogen) atoms. The average molecular weight is 228 g/mol. The maximum absolute atomic E-state index is 11.3. The first kappa shape index (κ1) is 14.3. The number of carboxylic acids is 1. The number of urea groups is 1. The largest absolute Gasteiger partial charge is 0.480 e. The lowest BCUT2D eigenvalue weighted by Crippen LogP contribution is -2.52. The molecule has 0 aliphatic carbocycles. The Morgan fingerprint density at radius 3 is 2.44 bits per heavy atom. The van der Waals surface area contributed by atoms with Gasteiger partial charge in [0.2, 0.25) is 0 Å². The minimum absolute atomic E-state index is 0.0563. The van der Waals surface area contributed by atoms with Crippen LogP contribution in [0.2, 0.25) is 0 Å². The van der Waals surface area contributed by atoms with Gasteiger partial charge < -0.3 is 20.8 Å². The van der Waals surface area contributed by atoms with Crippen LogP contribution in [-0.4, -0.2) is 40.4 Å². The Morgan fingerprint density at radius 2 is 2.06 bits per heavy atom. The Kier molecular flexibility index (Phi) is 5.33. The van der Waals surface area contributed by atoms with E-state index in [2.05, 4.69) is 16.6 Å². The van der Waals surface area contributed by atoms with Gasteiger partial charge in [0.1, 0.15) is 6.04 Å². The number of hydrogen-bond acceptors (Lipinski definition) is 3. The van der Waals surface area contributed by atoms with Crippen LogP contribution in [0.5, 0.6) is 0 Å². The number of aliphatic hydroxyl groups is 1. The normalized spacial score (nSPS) is 12.4. The molecule has 0 aromatic heterocycles. The van der Waals surface area contributed by atoms with Gasteiger partial charge in [-0.1, -0.05) is 5.92 Å². The van der Waals surface area contributed by atoms with Crippen LogP contribution in [0, 0.1) is 12.3 Å². The molecule has 1 unspecified atom stereocenters. The predicted molar refractivity (Wildman–Crippen MR) is 57.7 cm³/mol. The highest BCUT2D eigenvalue weighted by molar-refractivity contribution is 5.83. The third-order valence-corrected chi connectivity index (χ3v) is 1.81. The van der Waals surface area contributed by atoms with Gasteiger partial charge in [-0.25, -0.2) is 9.59 Å². The lowest BCUT2D eigenvalue weighted by molar-refractivity contribution is -0.139. The minimum atomic E-state index is -1.21. The summed E-state index contributed by atoms with van der Waals surface area (Å²) in [4.78, 5) is 22.0. The van der Waals surface area contributed by atoms with Gasteiger partial charge in [0.25, 0.3) is 0 Å². The molecule has 0 saturated heterocycles. The van der Waals surface area contributed by atoms with Crippen LogP contribution in [0.15, 0.2) is 0 Å². The number of rotatable bonds is 5. The van der Waals surface area contributed by atoms with Crippen molar-refractivity contribution in [2.24, 2.45) is 0 Å². The van der Waals surface area contributed by atoms with Gasteiger partial charge in [-0.3, -0.25) is 0 Å². The molecule has 0 bridgehead atoms. The summed E-state index contributed by atoms with van der Waals surface area (Å²) in [6.45, 7) is 2.89. The molecule has 0 aliphatic rings. The van der Waals surface area contributed by atoms with Gasteiger partial charge in [-0.15, -0.1) is 6.42 Å². The smallest absolute Gasteiger partial charge is 0.326 e. The Labute approximate surface area is 94.0 Å². The minimum Gasteiger partial charge on any atom is -0.480 e. The molecule has 6 heteroatoms. The number of terminal acetylenes is 1. The van der Waals surface area contributed by atoms with Crippen molar-refractivity contribution in [3.05, 3.63) is 0 Å². The Morgan fingerprint density at radius 1 is 1.50 bits per heavy atom. The maximum atomic E-state index is 11.3. The molecule has 0 radical (unpaired) electrons. The third kappa shape index (κ3) is 5.22. The highest BCUT2D eigenvalue weighted by Gasteiger charge is 2.22. The van der Waals surface area contributed by atoms with Gasteiger partial charge in [0, 0.05) is 13.0 Å². The van der Waals surface area contributed by atoms with Crippen molar-refractivity contribution in [1.29, 1.82) is 0 Å². The van der Waals surface area contributed by atoms with E-state index in [1.54, 1.807) is 13.8 Å². The second-order valence-corrected chi connectivity index (χ2v) is 3.77. The third-order valence-electron chi connectivity index (χ3n) is 1.81. The number of aliphatic hydroxyl groups excluding tert-OH is 1. The number of carbonyl (C=O) groups is 2. The van der Waals surface area contributed by atoms with Gasteiger partial charge in [-0.2, -0.15) is 0 Å². The molecule has 6 nitrogen and oxygen atoms in total. The van der Waals surface area contributed by atoms with Crippen molar-refractivity contribution in [3.63, 3.8) is 0 Å². The highest BCUT2D eigenvalue weighted by Crippen LogP contribution is 1.99. The molecule has 0 saturated carbocycles. The van der Waals surface area contributed by atoms with E-state index >= 15 is 0 Å². The predicted octanol–water partition coefficient (Wildman–Crippen LogP) is -0.467. The molecule has 0 aromatic rings. The first-order chi connectivity index (χ1) is 7.32. The fourth-order valence-electron chi connectivity index (χ4n) is 0.901. The molecule has 0 spiro atoms. The number of aliphatic carboxylic acids is 1. The second kappa shape index (κ2) is 5.98. The molecule has 2 amide bonds. The molecule has 0 aliphatic heterocycles. The zero-order valence-electron chi connectivity index (χ0n) is 9.28. The van der Waals surface area contributed by atoms with Gasteiger partial charge >= 0.3 is 12.0 Å². The monoisotopic (exact) mass is 228 g/mol. The molecule has 0 heterocycles. The Balaban J connectivity index is 4.32. The quantitative estimate of drug-likeness (QED) is 0.478. The summed E-state index contributed by atoms with van der Waals surface area (Å²) in [5.41, 5.74) is -0.855. The van der Waals surface area contributed by atoms with E-state index in [0.717, 1.165) is 0 Å². The summed E-state index contributed by atoms with van der Waals surface area (Å²) < 4.78 is 0. The van der Waals surface area contributed by atoms with Gasteiger partial charge in [0.05, 0.1) is 5.54 Å². The number of amides is 2. The fraction of sp³-hybridized carbons (Fsp3) is 0.600. The maximum Gasteiger partial charge on any atom is 0.326 e. The van der Waals surface area contributed by atoms with Crippen LogP contribution in [0.1, 0.15) is 20.3 Å². The average Bonchev–Trinajstić information content (AvgIpc) is 2.16. The lowest BCUT2D eigenvalue weighted by atomic mass is 10.1. The van der Waals surface area contributed by atoms with E-state index in [1.807, 2.05) is 0 Å². The van der Waals surface area contributed by atoms with Crippen molar-refractivity contribution >= 4 is 12.0 Å². The topological polar surface area (TPSA) is 98.7 Å². The molecule has 0 fully saturated rings. The summed E-state index contributed by atoms with van der Waals surface area (Å²) in [5.74, 6) is 1.13. The van der Waals surface area contributed by atoms with Crippen molar-refractivity contribution in [2.75, 3.05) is 6.61 Å². The van der Waals surface area contributed by atoms with Crippen LogP contribution in [0.3, 0.4) is 0 Å². The first-order valence-electron chi connectivity index (χ1n) is 4.72. The molecule has 0 aromatic carbocycles. The van der Waals surface area contributed by atoms with Crippen LogP contribution in [0.4, 0.5) is 4.79 Å². The van der Waals surface area contributed by atoms with Crippen LogP contribution in [0.25, 0.3) is 0 Å². The van der Waals surface area contributed by atoms with E-state index < -0.39 is 23.6 Å². The highest BCUT2D eigenvalue weighted by atomic mass is 16.4. The van der Waals surface area contributed by atoms with E-state index in [0.29, 0.717) is 0 Å².